The first-order valence-corrected chi connectivity index (χ1v) is 12.3. The summed E-state index contributed by atoms with van der Waals surface area (Å²) in [5.74, 6) is -0.730. The Bertz CT molecular complexity index is 1060. The average molecular weight is 479 g/mol. The van der Waals surface area contributed by atoms with Gasteiger partial charge in [-0.05, 0) is 49.6 Å². The fraction of sp³-hybridized carbons (Fsp3) is 0.391. The van der Waals surface area contributed by atoms with Gasteiger partial charge in [-0.1, -0.05) is 30.3 Å². The Balaban J connectivity index is 1.82. The van der Waals surface area contributed by atoms with Gasteiger partial charge in [-0.2, -0.15) is 0 Å². The van der Waals surface area contributed by atoms with E-state index in [-0.39, 0.29) is 30.2 Å². The summed E-state index contributed by atoms with van der Waals surface area (Å²) in [6.07, 6.45) is 0.406. The number of rotatable bonds is 11. The molecule has 0 aliphatic carbocycles. The molecular weight excluding hydrogens is 447 g/mol. The number of benzene rings is 2. The van der Waals surface area contributed by atoms with Crippen LogP contribution in [0.4, 0.5) is 14.9 Å². The van der Waals surface area contributed by atoms with Gasteiger partial charge in [0.2, 0.25) is 15.9 Å². The lowest BCUT2D eigenvalue weighted by atomic mass is 10.1. The molecular formula is C23H31FN4O4S. The molecule has 3 amide bonds. The second-order valence-electron chi connectivity index (χ2n) is 7.64. The predicted octanol–water partition coefficient (Wildman–Crippen LogP) is 3.04. The van der Waals surface area contributed by atoms with Gasteiger partial charge in [-0.25, -0.2) is 21.9 Å². The third-order valence-electron chi connectivity index (χ3n) is 5.10. The van der Waals surface area contributed by atoms with Gasteiger partial charge in [-0.15, -0.1) is 0 Å². The SMILES string of the molecule is CCS(=O)(=O)N(C)CCCNC(=O)NC(C)c1cccc(NC(=O)Cc2ccccc2F)c1. The van der Waals surface area contributed by atoms with Crippen molar-refractivity contribution < 1.29 is 22.4 Å². The normalized spacial score (nSPS) is 12.3. The quantitative estimate of drug-likeness (QED) is 0.432. The summed E-state index contributed by atoms with van der Waals surface area (Å²) in [5, 5.41) is 8.27. The van der Waals surface area contributed by atoms with Crippen molar-refractivity contribution in [2.24, 2.45) is 0 Å². The van der Waals surface area contributed by atoms with Gasteiger partial charge < -0.3 is 16.0 Å². The van der Waals surface area contributed by atoms with E-state index in [1.165, 1.54) is 17.4 Å². The zero-order chi connectivity index (χ0) is 24.4. The summed E-state index contributed by atoms with van der Waals surface area (Å²) in [7, 11) is -1.71. The van der Waals surface area contributed by atoms with E-state index in [0.717, 1.165) is 5.56 Å². The summed E-state index contributed by atoms with van der Waals surface area (Å²) in [5.41, 5.74) is 1.64. The van der Waals surface area contributed by atoms with Crippen molar-refractivity contribution in [3.63, 3.8) is 0 Å². The van der Waals surface area contributed by atoms with E-state index in [9.17, 15) is 22.4 Å². The second-order valence-corrected chi connectivity index (χ2v) is 10.0. The summed E-state index contributed by atoms with van der Waals surface area (Å²) in [6.45, 7) is 4.04. The minimum atomic E-state index is -3.23. The zero-order valence-corrected chi connectivity index (χ0v) is 19.9. The molecule has 0 heterocycles. The molecule has 0 fully saturated rings. The lowest BCUT2D eigenvalue weighted by Crippen LogP contribution is -2.38. The Morgan fingerprint density at radius 1 is 1.12 bits per heavy atom. The van der Waals surface area contributed by atoms with Crippen LogP contribution in [0.3, 0.4) is 0 Å². The molecule has 180 valence electrons. The molecule has 0 spiro atoms. The molecule has 10 heteroatoms. The smallest absolute Gasteiger partial charge is 0.315 e. The van der Waals surface area contributed by atoms with Crippen molar-refractivity contribution in [2.45, 2.75) is 32.7 Å². The highest BCUT2D eigenvalue weighted by Crippen LogP contribution is 2.18. The maximum Gasteiger partial charge on any atom is 0.315 e. The Kier molecular flexibility index (Phi) is 9.80. The Morgan fingerprint density at radius 2 is 1.85 bits per heavy atom. The fourth-order valence-electron chi connectivity index (χ4n) is 3.10. The first-order chi connectivity index (χ1) is 15.6. The number of carbonyl (C=O) groups is 2. The van der Waals surface area contributed by atoms with Crippen LogP contribution in [0, 0.1) is 5.82 Å². The van der Waals surface area contributed by atoms with E-state index in [1.54, 1.807) is 43.3 Å². The standard InChI is InChI=1S/C23H31FN4O4S/c1-4-33(31,32)28(3)14-8-13-25-23(30)26-17(2)18-10-7-11-20(15-18)27-22(29)16-19-9-5-6-12-21(19)24/h5-7,9-12,15,17H,4,8,13-14,16H2,1-3H3,(H,27,29)(H2,25,26,30). The Hall–Kier alpha value is -2.98. The van der Waals surface area contributed by atoms with Crippen molar-refractivity contribution in [1.82, 2.24) is 14.9 Å². The summed E-state index contributed by atoms with van der Waals surface area (Å²) in [6, 6.07) is 12.5. The number of anilines is 1. The van der Waals surface area contributed by atoms with Gasteiger partial charge in [0.15, 0.2) is 0 Å². The van der Waals surface area contributed by atoms with E-state index in [1.807, 2.05) is 13.0 Å². The van der Waals surface area contributed by atoms with E-state index in [4.69, 9.17) is 0 Å². The number of nitrogens with zero attached hydrogens (tertiary/aromatic N) is 1. The molecule has 1 atom stereocenters. The maximum absolute atomic E-state index is 13.7. The monoisotopic (exact) mass is 478 g/mol. The van der Waals surface area contributed by atoms with Crippen LogP contribution in [0.25, 0.3) is 0 Å². The van der Waals surface area contributed by atoms with Crippen molar-refractivity contribution in [1.29, 1.82) is 0 Å². The van der Waals surface area contributed by atoms with Crippen molar-refractivity contribution in [3.05, 3.63) is 65.5 Å². The minimum Gasteiger partial charge on any atom is -0.338 e. The Morgan fingerprint density at radius 3 is 2.55 bits per heavy atom. The average Bonchev–Trinajstić information content (AvgIpc) is 2.78. The molecule has 0 radical (unpaired) electrons. The summed E-state index contributed by atoms with van der Waals surface area (Å²) >= 11 is 0. The number of hydrogen-bond acceptors (Lipinski definition) is 4. The summed E-state index contributed by atoms with van der Waals surface area (Å²) < 4.78 is 38.5. The largest absolute Gasteiger partial charge is 0.338 e. The van der Waals surface area contributed by atoms with Crippen LogP contribution in [-0.2, 0) is 21.2 Å². The molecule has 1 unspecified atom stereocenters. The predicted molar refractivity (Wildman–Crippen MR) is 127 cm³/mol. The third-order valence-corrected chi connectivity index (χ3v) is 6.96. The van der Waals surface area contributed by atoms with Gasteiger partial charge in [0, 0.05) is 25.8 Å². The highest BCUT2D eigenvalue weighted by atomic mass is 32.2. The first kappa shape index (κ1) is 26.3. The lowest BCUT2D eigenvalue weighted by molar-refractivity contribution is -0.115. The fourth-order valence-corrected chi connectivity index (χ4v) is 3.95. The van der Waals surface area contributed by atoms with E-state index in [2.05, 4.69) is 16.0 Å². The number of hydrogen-bond donors (Lipinski definition) is 3. The van der Waals surface area contributed by atoms with Crippen LogP contribution >= 0.6 is 0 Å². The van der Waals surface area contributed by atoms with Crippen molar-refractivity contribution in [2.75, 3.05) is 31.2 Å². The molecule has 0 saturated carbocycles. The minimum absolute atomic E-state index is 0.0393. The number of carbonyl (C=O) groups excluding carboxylic acids is 2. The third kappa shape index (κ3) is 8.47. The highest BCUT2D eigenvalue weighted by Gasteiger charge is 2.15. The zero-order valence-electron chi connectivity index (χ0n) is 19.1. The van der Waals surface area contributed by atoms with E-state index < -0.39 is 15.8 Å². The van der Waals surface area contributed by atoms with Crippen LogP contribution in [0.2, 0.25) is 0 Å². The van der Waals surface area contributed by atoms with Crippen LogP contribution in [-0.4, -0.2) is 50.6 Å². The molecule has 3 N–H and O–H groups in total. The van der Waals surface area contributed by atoms with Crippen molar-refractivity contribution in [3.8, 4) is 0 Å². The molecule has 0 aromatic heterocycles. The van der Waals surface area contributed by atoms with Gasteiger partial charge in [0.1, 0.15) is 5.82 Å². The number of sulfonamides is 1. The molecule has 0 aliphatic heterocycles. The van der Waals surface area contributed by atoms with Gasteiger partial charge in [0.05, 0.1) is 18.2 Å². The highest BCUT2D eigenvalue weighted by molar-refractivity contribution is 7.89. The molecule has 2 aromatic rings. The first-order valence-electron chi connectivity index (χ1n) is 10.7. The van der Waals surface area contributed by atoms with Crippen LogP contribution < -0.4 is 16.0 Å². The van der Waals surface area contributed by atoms with Gasteiger partial charge in [-0.3, -0.25) is 4.79 Å². The maximum atomic E-state index is 13.7. The van der Waals surface area contributed by atoms with Crippen molar-refractivity contribution >= 4 is 27.6 Å². The van der Waals surface area contributed by atoms with Crippen LogP contribution in [0.15, 0.2) is 48.5 Å². The summed E-state index contributed by atoms with van der Waals surface area (Å²) in [4.78, 5) is 24.4. The number of nitrogens with one attached hydrogen (secondary N) is 3. The molecule has 0 aliphatic rings. The van der Waals surface area contributed by atoms with E-state index in [0.29, 0.717) is 30.8 Å². The molecule has 8 nitrogen and oxygen atoms in total. The second kappa shape index (κ2) is 12.3. The number of amides is 3. The van der Waals surface area contributed by atoms with Crippen LogP contribution in [0.5, 0.6) is 0 Å². The molecule has 0 bridgehead atoms. The van der Waals surface area contributed by atoms with Gasteiger partial charge in [0.25, 0.3) is 0 Å². The number of urea groups is 1. The number of halogens is 1. The molecule has 2 rings (SSSR count). The topological polar surface area (TPSA) is 108 Å². The van der Waals surface area contributed by atoms with Crippen LogP contribution in [0.1, 0.15) is 37.4 Å². The van der Waals surface area contributed by atoms with E-state index >= 15 is 0 Å². The lowest BCUT2D eigenvalue weighted by Gasteiger charge is -2.18. The molecule has 33 heavy (non-hydrogen) atoms. The van der Waals surface area contributed by atoms with Gasteiger partial charge >= 0.3 is 6.03 Å². The Labute approximate surface area is 194 Å². The molecule has 0 saturated heterocycles. The molecule has 2 aromatic carbocycles.